The molecule has 1 aromatic heterocycles. The lowest BCUT2D eigenvalue weighted by atomic mass is 10.0. The largest absolute Gasteiger partial charge is 0.494 e. The van der Waals surface area contributed by atoms with Crippen LogP contribution < -0.4 is 20.1 Å². The predicted octanol–water partition coefficient (Wildman–Crippen LogP) is 4.79. The van der Waals surface area contributed by atoms with Gasteiger partial charge in [0.25, 0.3) is 5.91 Å². The van der Waals surface area contributed by atoms with Crippen molar-refractivity contribution >= 4 is 22.9 Å². The molecular weight excluding hydrogens is 380 g/mol. The van der Waals surface area contributed by atoms with Crippen LogP contribution in [0, 0.1) is 25.2 Å². The van der Waals surface area contributed by atoms with E-state index in [1.807, 2.05) is 26.8 Å². The second kappa shape index (κ2) is 8.29. The van der Waals surface area contributed by atoms with Crippen molar-refractivity contribution < 1.29 is 14.3 Å². The predicted molar refractivity (Wildman–Crippen MR) is 116 cm³/mol. The maximum atomic E-state index is 12.5. The Morgan fingerprint density at radius 1 is 1.33 bits per heavy atom. The van der Waals surface area contributed by atoms with E-state index in [4.69, 9.17) is 9.47 Å². The van der Waals surface area contributed by atoms with Gasteiger partial charge in [0.1, 0.15) is 17.1 Å². The lowest BCUT2D eigenvalue weighted by Gasteiger charge is -2.28. The summed E-state index contributed by atoms with van der Waals surface area (Å²) in [5.41, 5.74) is 5.27. The van der Waals surface area contributed by atoms with E-state index < -0.39 is 0 Å². The number of nitrogens with zero attached hydrogens (tertiary/aromatic N) is 2. The standard InChI is InChI=1S/C23H24N4O3/c1-7-15(10-24)8-13(3)18-22-19(16(11-26-18)23(28)25-5)27-20-17(29-6)9-12(2)14(4)21(20)30-22/h7-9,11,27H,1-6H3,(H,25,28)/b13-8+,15-7+. The van der Waals surface area contributed by atoms with Gasteiger partial charge in [-0.05, 0) is 56.5 Å². The van der Waals surface area contributed by atoms with Gasteiger partial charge in [-0.3, -0.25) is 9.78 Å². The number of nitriles is 1. The maximum absolute atomic E-state index is 12.5. The Labute approximate surface area is 176 Å². The Bertz CT molecular complexity index is 1140. The minimum atomic E-state index is -0.291. The van der Waals surface area contributed by atoms with Crippen LogP contribution in [0.4, 0.5) is 11.4 Å². The summed E-state index contributed by atoms with van der Waals surface area (Å²) in [4.78, 5) is 17.0. The van der Waals surface area contributed by atoms with Gasteiger partial charge in [-0.15, -0.1) is 0 Å². The number of aromatic nitrogens is 1. The molecule has 1 aromatic carbocycles. The van der Waals surface area contributed by atoms with Crippen molar-refractivity contribution in [1.82, 2.24) is 10.3 Å². The molecule has 0 spiro atoms. The Balaban J connectivity index is 2.28. The number of pyridine rings is 1. The van der Waals surface area contributed by atoms with E-state index >= 15 is 0 Å². The molecule has 0 aliphatic carbocycles. The van der Waals surface area contributed by atoms with Crippen molar-refractivity contribution in [2.24, 2.45) is 0 Å². The average molecular weight is 404 g/mol. The number of fused-ring (bicyclic) bond motifs is 2. The first-order valence-electron chi connectivity index (χ1n) is 9.49. The molecule has 7 heteroatoms. The van der Waals surface area contributed by atoms with E-state index in [9.17, 15) is 10.1 Å². The number of allylic oxidation sites excluding steroid dienone is 4. The van der Waals surface area contributed by atoms with Crippen LogP contribution in [0.2, 0.25) is 0 Å². The van der Waals surface area contributed by atoms with Gasteiger partial charge < -0.3 is 20.1 Å². The molecule has 1 amide bonds. The Morgan fingerprint density at radius 3 is 2.67 bits per heavy atom. The van der Waals surface area contributed by atoms with Crippen molar-refractivity contribution in [1.29, 1.82) is 5.26 Å². The Hall–Kier alpha value is -3.79. The zero-order chi connectivity index (χ0) is 22.0. The van der Waals surface area contributed by atoms with E-state index in [1.54, 1.807) is 33.2 Å². The third kappa shape index (κ3) is 3.48. The SMILES string of the molecule is C/C=C(C#N)\C=C(/C)c1ncc(C(=O)NC)c2c1Oc1c(C)c(C)cc(OC)c1N2. The fourth-order valence-corrected chi connectivity index (χ4v) is 3.28. The van der Waals surface area contributed by atoms with Crippen LogP contribution in [-0.2, 0) is 0 Å². The highest BCUT2D eigenvalue weighted by Crippen LogP contribution is 2.51. The van der Waals surface area contributed by atoms with Crippen molar-refractivity contribution in [3.63, 3.8) is 0 Å². The van der Waals surface area contributed by atoms with Crippen molar-refractivity contribution in [3.05, 3.63) is 52.4 Å². The van der Waals surface area contributed by atoms with E-state index in [-0.39, 0.29) is 5.91 Å². The second-order valence-corrected chi connectivity index (χ2v) is 6.94. The molecule has 2 heterocycles. The summed E-state index contributed by atoms with van der Waals surface area (Å²) in [5, 5.41) is 15.2. The number of carbonyl (C=O) groups excluding carboxylic acids is 1. The first kappa shape index (κ1) is 20.9. The molecule has 0 saturated carbocycles. The number of hydrogen-bond acceptors (Lipinski definition) is 6. The van der Waals surface area contributed by atoms with E-state index in [0.717, 1.165) is 16.7 Å². The number of amides is 1. The molecule has 1 aliphatic rings. The first-order valence-corrected chi connectivity index (χ1v) is 9.49. The summed E-state index contributed by atoms with van der Waals surface area (Å²) in [6.45, 7) is 7.60. The topological polar surface area (TPSA) is 96.3 Å². The van der Waals surface area contributed by atoms with Crippen LogP contribution in [0.15, 0.2) is 30.0 Å². The summed E-state index contributed by atoms with van der Waals surface area (Å²) in [7, 11) is 3.15. The van der Waals surface area contributed by atoms with E-state index in [1.165, 1.54) is 6.20 Å². The Kier molecular flexibility index (Phi) is 5.79. The minimum absolute atomic E-state index is 0.291. The van der Waals surface area contributed by atoms with Crippen molar-refractivity contribution in [2.75, 3.05) is 19.5 Å². The molecule has 0 saturated heterocycles. The van der Waals surface area contributed by atoms with E-state index in [2.05, 4.69) is 21.7 Å². The number of ether oxygens (including phenoxy) is 2. The molecule has 0 radical (unpaired) electrons. The van der Waals surface area contributed by atoms with Gasteiger partial charge >= 0.3 is 0 Å². The lowest BCUT2D eigenvalue weighted by molar-refractivity contribution is 0.0963. The number of rotatable bonds is 4. The van der Waals surface area contributed by atoms with Gasteiger partial charge in [-0.25, -0.2) is 0 Å². The number of aryl methyl sites for hydroxylation is 1. The smallest absolute Gasteiger partial charge is 0.254 e. The zero-order valence-corrected chi connectivity index (χ0v) is 17.9. The molecule has 2 aromatic rings. The van der Waals surface area contributed by atoms with Crippen LogP contribution in [-0.4, -0.2) is 25.0 Å². The molecule has 154 valence electrons. The van der Waals surface area contributed by atoms with Gasteiger partial charge in [0.05, 0.1) is 24.4 Å². The lowest BCUT2D eigenvalue weighted by Crippen LogP contribution is -2.21. The summed E-state index contributed by atoms with van der Waals surface area (Å²) < 4.78 is 11.9. The highest BCUT2D eigenvalue weighted by molar-refractivity contribution is 6.03. The third-order valence-corrected chi connectivity index (χ3v) is 5.12. The fraction of sp³-hybridized carbons (Fsp3) is 0.261. The first-order chi connectivity index (χ1) is 14.4. The van der Waals surface area contributed by atoms with Crippen LogP contribution in [0.3, 0.4) is 0 Å². The summed E-state index contributed by atoms with van der Waals surface area (Å²) in [6, 6.07) is 4.06. The molecule has 2 N–H and O–H groups in total. The molecule has 0 fully saturated rings. The number of benzene rings is 1. The summed E-state index contributed by atoms with van der Waals surface area (Å²) in [6.07, 6.45) is 4.97. The molecule has 3 rings (SSSR count). The average Bonchev–Trinajstić information content (AvgIpc) is 2.77. The zero-order valence-electron chi connectivity index (χ0n) is 17.9. The van der Waals surface area contributed by atoms with Gasteiger partial charge in [0.2, 0.25) is 0 Å². The van der Waals surface area contributed by atoms with E-state index in [0.29, 0.717) is 45.5 Å². The van der Waals surface area contributed by atoms with Crippen LogP contribution in [0.1, 0.15) is 41.0 Å². The fourth-order valence-electron chi connectivity index (χ4n) is 3.28. The minimum Gasteiger partial charge on any atom is -0.494 e. The molecule has 0 bridgehead atoms. The molecular formula is C23H24N4O3. The highest BCUT2D eigenvalue weighted by atomic mass is 16.5. The van der Waals surface area contributed by atoms with Crippen LogP contribution in [0.25, 0.3) is 5.57 Å². The van der Waals surface area contributed by atoms with Crippen molar-refractivity contribution in [3.8, 4) is 23.3 Å². The van der Waals surface area contributed by atoms with Gasteiger partial charge in [-0.2, -0.15) is 5.26 Å². The summed E-state index contributed by atoms with van der Waals surface area (Å²) >= 11 is 0. The molecule has 0 atom stereocenters. The molecule has 0 unspecified atom stereocenters. The van der Waals surface area contributed by atoms with Crippen LogP contribution >= 0.6 is 0 Å². The van der Waals surface area contributed by atoms with Gasteiger partial charge in [0, 0.05) is 18.8 Å². The third-order valence-electron chi connectivity index (χ3n) is 5.12. The second-order valence-electron chi connectivity index (χ2n) is 6.94. The Morgan fingerprint density at radius 2 is 2.07 bits per heavy atom. The van der Waals surface area contributed by atoms with Gasteiger partial charge in [-0.1, -0.05) is 6.08 Å². The monoisotopic (exact) mass is 404 g/mol. The normalized spacial score (nSPS) is 12.7. The van der Waals surface area contributed by atoms with Crippen molar-refractivity contribution in [2.45, 2.75) is 27.7 Å². The van der Waals surface area contributed by atoms with Gasteiger partial charge in [0.15, 0.2) is 11.5 Å². The number of carbonyl (C=O) groups is 1. The number of methoxy groups -OCH3 is 1. The molecule has 7 nitrogen and oxygen atoms in total. The summed E-state index contributed by atoms with van der Waals surface area (Å²) in [5.74, 6) is 1.38. The number of anilines is 2. The van der Waals surface area contributed by atoms with Crippen LogP contribution in [0.5, 0.6) is 17.2 Å². The highest BCUT2D eigenvalue weighted by Gasteiger charge is 2.30. The number of nitrogens with one attached hydrogen (secondary N) is 2. The molecule has 1 aliphatic heterocycles. The maximum Gasteiger partial charge on any atom is 0.254 e. The quantitative estimate of drug-likeness (QED) is 0.479. The number of hydrogen-bond donors (Lipinski definition) is 2. The molecule has 30 heavy (non-hydrogen) atoms.